The van der Waals surface area contributed by atoms with Crippen LogP contribution in [0.1, 0.15) is 80.5 Å². The number of ether oxygens (including phenoxy) is 1. The topological polar surface area (TPSA) is 194 Å². The van der Waals surface area contributed by atoms with E-state index in [9.17, 15) is 29.5 Å². The van der Waals surface area contributed by atoms with E-state index in [2.05, 4.69) is 31.6 Å². The lowest BCUT2D eigenvalue weighted by Gasteiger charge is -2.45. The van der Waals surface area contributed by atoms with Gasteiger partial charge in [-0.25, -0.2) is 9.31 Å². The molecule has 9 rings (SSSR count). The summed E-state index contributed by atoms with van der Waals surface area (Å²) in [5, 5.41) is 35.8. The molecule has 4 aliphatic rings. The maximum atomic E-state index is 13.6. The predicted molar refractivity (Wildman–Crippen MR) is 231 cm³/mol. The van der Waals surface area contributed by atoms with Gasteiger partial charge in [-0.05, 0) is 88.9 Å². The van der Waals surface area contributed by atoms with E-state index in [1.54, 1.807) is 32.0 Å². The van der Waals surface area contributed by atoms with E-state index in [0.29, 0.717) is 84.8 Å². The minimum atomic E-state index is -1.25. The van der Waals surface area contributed by atoms with Gasteiger partial charge in [0.2, 0.25) is 11.8 Å². The van der Waals surface area contributed by atoms with Crippen LogP contribution in [0, 0.1) is 17.2 Å². The lowest BCUT2D eigenvalue weighted by Crippen LogP contribution is -2.59. The highest BCUT2D eigenvalue weighted by atomic mass is 16.5. The van der Waals surface area contributed by atoms with E-state index in [1.807, 2.05) is 53.0 Å². The van der Waals surface area contributed by atoms with Gasteiger partial charge in [0.1, 0.15) is 17.5 Å². The van der Waals surface area contributed by atoms with Crippen molar-refractivity contribution in [1.82, 2.24) is 34.5 Å². The summed E-state index contributed by atoms with van der Waals surface area (Å²) in [5.74, 6) is 0.0327. The molecular weight excluding hydrogens is 791 g/mol. The van der Waals surface area contributed by atoms with Crippen molar-refractivity contribution < 1.29 is 29.0 Å². The van der Waals surface area contributed by atoms with Crippen LogP contribution in [0.4, 0.5) is 21.9 Å². The maximum Gasteiger partial charge on any atom is 0.328 e. The fourth-order valence-corrected chi connectivity index (χ4v) is 9.39. The van der Waals surface area contributed by atoms with Gasteiger partial charge in [0, 0.05) is 92.9 Å². The minimum absolute atomic E-state index is 0.0701. The molecule has 1 saturated carbocycles. The van der Waals surface area contributed by atoms with E-state index in [-0.39, 0.29) is 36.1 Å². The number of carbonyl (C=O) groups is 4. The van der Waals surface area contributed by atoms with Crippen LogP contribution in [0.2, 0.25) is 0 Å². The number of rotatable bonds is 10. The zero-order chi connectivity index (χ0) is 43.3. The van der Waals surface area contributed by atoms with E-state index < -0.39 is 11.6 Å². The van der Waals surface area contributed by atoms with Crippen molar-refractivity contribution in [2.45, 2.75) is 70.6 Å². The Morgan fingerprint density at radius 1 is 0.984 bits per heavy atom. The van der Waals surface area contributed by atoms with Crippen LogP contribution in [0.3, 0.4) is 0 Å². The second-order valence-corrected chi connectivity index (χ2v) is 17.3. The zero-order valence-electron chi connectivity index (χ0n) is 35.2. The van der Waals surface area contributed by atoms with Crippen LogP contribution >= 0.6 is 0 Å². The monoisotopic (exact) mass is 841 g/mol. The average Bonchev–Trinajstić information content (AvgIpc) is 3.87. The third-order valence-electron chi connectivity index (χ3n) is 12.8. The molecule has 0 atom stereocenters. The number of aliphatic hydroxyl groups is 1. The lowest BCUT2D eigenvalue weighted by molar-refractivity contribution is -0.138. The van der Waals surface area contributed by atoms with Crippen LogP contribution in [0.5, 0.6) is 5.75 Å². The first-order chi connectivity index (χ1) is 29.9. The van der Waals surface area contributed by atoms with Crippen LogP contribution in [0.15, 0.2) is 60.9 Å². The molecule has 2 aromatic carbocycles. The second kappa shape index (κ2) is 16.4. The number of nitriles is 1. The van der Waals surface area contributed by atoms with E-state index in [0.717, 1.165) is 55.4 Å². The maximum absolute atomic E-state index is 13.6. The molecule has 4 fully saturated rings. The van der Waals surface area contributed by atoms with Crippen molar-refractivity contribution in [3.8, 4) is 11.8 Å². The van der Waals surface area contributed by atoms with Crippen LogP contribution < -0.4 is 25.2 Å². The summed E-state index contributed by atoms with van der Waals surface area (Å²) >= 11 is 0. The van der Waals surface area contributed by atoms with Crippen LogP contribution in [-0.4, -0.2) is 117 Å². The highest BCUT2D eigenvalue weighted by Gasteiger charge is 2.38. The number of amides is 5. The first-order valence-corrected chi connectivity index (χ1v) is 21.5. The summed E-state index contributed by atoms with van der Waals surface area (Å²) in [4.78, 5) is 59.6. The molecule has 17 heteroatoms. The third kappa shape index (κ3) is 7.91. The molecule has 3 N–H and O–H groups in total. The number of carbonyl (C=O) groups excluding carboxylic acids is 4. The molecule has 3 aromatic heterocycles. The van der Waals surface area contributed by atoms with Gasteiger partial charge in [0.15, 0.2) is 0 Å². The largest absolute Gasteiger partial charge is 0.492 e. The number of benzene rings is 2. The molecule has 1 aliphatic carbocycles. The molecule has 3 saturated heterocycles. The summed E-state index contributed by atoms with van der Waals surface area (Å²) in [7, 11) is 0. The number of hydrogen-bond donors (Lipinski definition) is 3. The highest BCUT2D eigenvalue weighted by Crippen LogP contribution is 2.38. The number of nitrogens with one attached hydrogen (secondary N) is 2. The predicted octanol–water partition coefficient (Wildman–Crippen LogP) is 4.64. The van der Waals surface area contributed by atoms with Crippen molar-refractivity contribution in [1.29, 1.82) is 5.26 Å². The van der Waals surface area contributed by atoms with Gasteiger partial charge in [-0.3, -0.25) is 34.2 Å². The van der Waals surface area contributed by atoms with Crippen molar-refractivity contribution in [3.05, 3.63) is 77.7 Å². The molecule has 0 radical (unpaired) electrons. The number of aromatic nitrogens is 4. The van der Waals surface area contributed by atoms with E-state index >= 15 is 0 Å². The number of nitrogens with zero attached hydrogens (tertiary/aromatic N) is 9. The van der Waals surface area contributed by atoms with E-state index in [1.165, 1.54) is 15.6 Å². The number of anilines is 3. The van der Waals surface area contributed by atoms with Crippen molar-refractivity contribution in [2.75, 3.05) is 67.5 Å². The Morgan fingerprint density at radius 3 is 2.45 bits per heavy atom. The summed E-state index contributed by atoms with van der Waals surface area (Å²) in [6, 6.07) is 16.8. The lowest BCUT2D eigenvalue weighted by atomic mass is 9.89. The normalized spacial score (nSPS) is 20.3. The number of hydrogen-bond acceptors (Lipinski definition) is 11. The quantitative estimate of drug-likeness (QED) is 0.177. The van der Waals surface area contributed by atoms with Crippen molar-refractivity contribution >= 4 is 57.2 Å². The number of urea groups is 1. The Bertz CT molecular complexity index is 2600. The Morgan fingerprint density at radius 2 is 1.74 bits per heavy atom. The Kier molecular flexibility index (Phi) is 10.8. The highest BCUT2D eigenvalue weighted by molar-refractivity contribution is 6.07. The fraction of sp³-hybridized carbons (Fsp3) is 0.444. The van der Waals surface area contributed by atoms with Crippen molar-refractivity contribution in [3.63, 3.8) is 0 Å². The SMILES string of the molecule is CCOc1cc(N2CC(C(=O)N3CCN(C4CCC(n5cc6cc(NC(=O)c7ccc8cc(C#N)cnn78)c(C(C)(C)O)cc6n5)CC4)CC3)C2)ccc1N1CCC(=O)NC1=O. The van der Waals surface area contributed by atoms with Gasteiger partial charge in [-0.2, -0.15) is 15.5 Å². The van der Waals surface area contributed by atoms with Gasteiger partial charge in [0.05, 0.1) is 52.6 Å². The minimum Gasteiger partial charge on any atom is -0.492 e. The summed E-state index contributed by atoms with van der Waals surface area (Å²) < 4.78 is 9.43. The van der Waals surface area contributed by atoms with Crippen molar-refractivity contribution in [2.24, 2.45) is 5.92 Å². The van der Waals surface area contributed by atoms with Gasteiger partial charge in [-0.1, -0.05) is 0 Å². The van der Waals surface area contributed by atoms with Gasteiger partial charge < -0.3 is 25.0 Å². The first-order valence-electron chi connectivity index (χ1n) is 21.5. The molecule has 5 amide bonds. The summed E-state index contributed by atoms with van der Waals surface area (Å²) in [5.41, 5.74) is 3.42. The molecule has 6 heterocycles. The number of piperazine rings is 1. The molecule has 17 nitrogen and oxygen atoms in total. The molecule has 0 bridgehead atoms. The molecule has 0 spiro atoms. The van der Waals surface area contributed by atoms with Crippen LogP contribution in [-0.2, 0) is 15.2 Å². The summed E-state index contributed by atoms with van der Waals surface area (Å²) in [6.07, 6.45) is 7.67. The Hall–Kier alpha value is -6.51. The van der Waals surface area contributed by atoms with Gasteiger partial charge >= 0.3 is 6.03 Å². The molecule has 3 aliphatic heterocycles. The summed E-state index contributed by atoms with van der Waals surface area (Å²) in [6.45, 7) is 10.4. The fourth-order valence-electron chi connectivity index (χ4n) is 9.39. The van der Waals surface area contributed by atoms with Gasteiger partial charge in [-0.15, -0.1) is 0 Å². The number of fused-ring (bicyclic) bond motifs is 2. The first kappa shape index (κ1) is 40.9. The molecule has 62 heavy (non-hydrogen) atoms. The van der Waals surface area contributed by atoms with E-state index in [4.69, 9.17) is 9.84 Å². The smallest absolute Gasteiger partial charge is 0.328 e. The number of imide groups is 1. The second-order valence-electron chi connectivity index (χ2n) is 17.3. The Labute approximate surface area is 358 Å². The molecular formula is C45H51N11O6. The molecule has 5 aromatic rings. The van der Waals surface area contributed by atoms with Gasteiger partial charge in [0.25, 0.3) is 5.91 Å². The average molecular weight is 842 g/mol. The molecule has 322 valence electrons. The van der Waals surface area contributed by atoms with Crippen LogP contribution in [0.25, 0.3) is 16.4 Å². The standard InChI is InChI=1S/C45H51N11O6/c1-4-62-40-21-33(9-11-38(40)54-14-13-41(57)49-44(54)60)53-25-30(26-53)43(59)52-17-15-51(16-18-52)31-5-7-32(8-6-31)55-27-29-20-37(35(45(2,3)61)22-36(29)50-55)48-42(58)39-12-10-34-19-28(23-46)24-47-56(34)39/h9-12,19-22,24,27,30-32,61H,4-8,13-18,25-26H2,1-3H3,(H,48,58)(H,49,57,60). The third-order valence-corrected chi connectivity index (χ3v) is 12.8. The molecule has 0 unspecified atom stereocenters. The Balaban J connectivity index is 0.777. The zero-order valence-corrected chi connectivity index (χ0v) is 35.2.